The van der Waals surface area contributed by atoms with Crippen LogP contribution in [0, 0.1) is 0 Å². The van der Waals surface area contributed by atoms with Crippen molar-refractivity contribution in [3.63, 3.8) is 0 Å². The average molecular weight is 158 g/mol. The molecule has 0 unspecified atom stereocenters. The molecule has 0 fully saturated rings. The monoisotopic (exact) mass is 158 g/mol. The second-order valence-electron chi connectivity index (χ2n) is 3.59. The number of hydrogen-bond donors (Lipinski definition) is 2. The summed E-state index contributed by atoms with van der Waals surface area (Å²) < 4.78 is 5.24. The second-order valence-corrected chi connectivity index (χ2v) is 3.59. The number of hydrogen-bond acceptors (Lipinski definition) is 3. The SMILES string of the molecule is CC(C)(O)C(C)(C)O[B]CN. The molecule has 0 aliphatic carbocycles. The van der Waals surface area contributed by atoms with Crippen LogP contribution in [0.2, 0.25) is 0 Å². The van der Waals surface area contributed by atoms with Gasteiger partial charge in [-0.1, -0.05) is 0 Å². The molecule has 11 heavy (non-hydrogen) atoms. The third kappa shape index (κ3) is 3.23. The molecule has 0 rings (SSSR count). The van der Waals surface area contributed by atoms with Gasteiger partial charge in [0.05, 0.1) is 11.2 Å². The smallest absolute Gasteiger partial charge is 0.308 e. The lowest BCUT2D eigenvalue weighted by Crippen LogP contribution is -2.48. The first-order chi connectivity index (χ1) is 4.81. The van der Waals surface area contributed by atoms with Gasteiger partial charge >= 0.3 is 7.48 Å². The van der Waals surface area contributed by atoms with Gasteiger partial charge in [-0.05, 0) is 34.1 Å². The van der Waals surface area contributed by atoms with Crippen LogP contribution in [0.5, 0.6) is 0 Å². The van der Waals surface area contributed by atoms with Crippen LogP contribution in [-0.2, 0) is 4.65 Å². The minimum atomic E-state index is -0.862. The minimum Gasteiger partial charge on any atom is -0.432 e. The quantitative estimate of drug-likeness (QED) is 0.570. The molecule has 65 valence electrons. The Bertz CT molecular complexity index is 120. The van der Waals surface area contributed by atoms with Crippen molar-refractivity contribution in [1.29, 1.82) is 0 Å². The van der Waals surface area contributed by atoms with E-state index in [4.69, 9.17) is 10.4 Å². The Morgan fingerprint density at radius 3 is 2.09 bits per heavy atom. The molecule has 0 heterocycles. The summed E-state index contributed by atoms with van der Waals surface area (Å²) in [5.74, 6) is 0. The summed E-state index contributed by atoms with van der Waals surface area (Å²) in [5.41, 5.74) is 3.76. The van der Waals surface area contributed by atoms with Crippen molar-refractivity contribution in [3.05, 3.63) is 0 Å². The maximum absolute atomic E-state index is 9.59. The Hall–Kier alpha value is -0.0551. The Balaban J connectivity index is 4.00. The van der Waals surface area contributed by atoms with Crippen LogP contribution >= 0.6 is 0 Å². The molecule has 3 nitrogen and oxygen atoms in total. The lowest BCUT2D eigenvalue weighted by atomic mass is 9.87. The van der Waals surface area contributed by atoms with Gasteiger partial charge in [-0.3, -0.25) is 0 Å². The molecule has 0 aromatic carbocycles. The number of aliphatic hydroxyl groups is 1. The van der Waals surface area contributed by atoms with Crippen LogP contribution < -0.4 is 5.73 Å². The zero-order valence-electron chi connectivity index (χ0n) is 7.72. The van der Waals surface area contributed by atoms with E-state index in [9.17, 15) is 5.11 Å². The summed E-state index contributed by atoms with van der Waals surface area (Å²) in [6, 6.07) is 0. The van der Waals surface area contributed by atoms with Gasteiger partial charge in [0, 0.05) is 0 Å². The van der Waals surface area contributed by atoms with Crippen LogP contribution in [0.15, 0.2) is 0 Å². The Kier molecular flexibility index (Phi) is 3.54. The molecule has 0 aromatic heterocycles. The van der Waals surface area contributed by atoms with E-state index < -0.39 is 11.2 Å². The first-order valence-electron chi connectivity index (χ1n) is 3.73. The van der Waals surface area contributed by atoms with E-state index in [1.54, 1.807) is 13.8 Å². The van der Waals surface area contributed by atoms with Gasteiger partial charge in [0.25, 0.3) is 0 Å². The summed E-state index contributed by atoms with van der Waals surface area (Å²) in [6.45, 7) is 7.05. The van der Waals surface area contributed by atoms with E-state index in [0.717, 1.165) is 0 Å². The highest BCUT2D eigenvalue weighted by molar-refractivity contribution is 6.27. The van der Waals surface area contributed by atoms with Crippen LogP contribution in [0.25, 0.3) is 0 Å². The van der Waals surface area contributed by atoms with E-state index in [2.05, 4.69) is 0 Å². The molecule has 0 amide bonds. The molecule has 0 saturated carbocycles. The second kappa shape index (κ2) is 3.56. The number of nitrogens with two attached hydrogens (primary N) is 1. The summed E-state index contributed by atoms with van der Waals surface area (Å²) in [7, 11) is 1.50. The highest BCUT2D eigenvalue weighted by Crippen LogP contribution is 2.23. The summed E-state index contributed by atoms with van der Waals surface area (Å²) >= 11 is 0. The molecular formula is C7H17BNO2. The number of rotatable bonds is 4. The zero-order chi connectivity index (χ0) is 9.12. The molecule has 0 saturated heterocycles. The van der Waals surface area contributed by atoms with Crippen molar-refractivity contribution in [2.24, 2.45) is 5.73 Å². The maximum Gasteiger partial charge on any atom is 0.308 e. The first kappa shape index (κ1) is 10.9. The van der Waals surface area contributed by atoms with Gasteiger partial charge in [0.1, 0.15) is 0 Å². The minimum absolute atomic E-state index is 0.361. The van der Waals surface area contributed by atoms with Crippen LogP contribution in [0.4, 0.5) is 0 Å². The van der Waals surface area contributed by atoms with Crippen LogP contribution in [0.1, 0.15) is 27.7 Å². The van der Waals surface area contributed by atoms with Crippen molar-refractivity contribution >= 4 is 7.48 Å². The molecule has 0 aromatic rings. The average Bonchev–Trinajstić information content (AvgIpc) is 1.81. The van der Waals surface area contributed by atoms with Gasteiger partial charge in [0.2, 0.25) is 0 Å². The summed E-state index contributed by atoms with van der Waals surface area (Å²) in [4.78, 5) is 0. The van der Waals surface area contributed by atoms with Crippen molar-refractivity contribution in [2.45, 2.75) is 38.9 Å². The van der Waals surface area contributed by atoms with Crippen molar-refractivity contribution in [2.75, 3.05) is 6.44 Å². The molecule has 0 bridgehead atoms. The Morgan fingerprint density at radius 1 is 1.36 bits per heavy atom. The molecule has 0 atom stereocenters. The van der Waals surface area contributed by atoms with Gasteiger partial charge < -0.3 is 15.5 Å². The molecule has 4 heteroatoms. The third-order valence-corrected chi connectivity index (χ3v) is 1.95. The lowest BCUT2D eigenvalue weighted by molar-refractivity contribution is -0.0902. The molecule has 0 spiro atoms. The normalized spacial score (nSPS) is 13.3. The molecule has 1 radical (unpaired) electrons. The molecule has 0 aliphatic rings. The molecular weight excluding hydrogens is 141 g/mol. The molecule has 3 N–H and O–H groups in total. The summed E-state index contributed by atoms with van der Waals surface area (Å²) in [5, 5.41) is 9.59. The topological polar surface area (TPSA) is 55.5 Å². The van der Waals surface area contributed by atoms with Crippen LogP contribution in [0.3, 0.4) is 0 Å². The van der Waals surface area contributed by atoms with Crippen molar-refractivity contribution in [3.8, 4) is 0 Å². The van der Waals surface area contributed by atoms with E-state index in [0.29, 0.717) is 6.44 Å². The maximum atomic E-state index is 9.59. The highest BCUT2D eigenvalue weighted by Gasteiger charge is 2.35. The van der Waals surface area contributed by atoms with Gasteiger partial charge in [-0.25, -0.2) is 0 Å². The van der Waals surface area contributed by atoms with Gasteiger partial charge in [-0.15, -0.1) is 0 Å². The van der Waals surface area contributed by atoms with Crippen molar-refractivity contribution in [1.82, 2.24) is 0 Å². The van der Waals surface area contributed by atoms with E-state index in [-0.39, 0.29) is 0 Å². The largest absolute Gasteiger partial charge is 0.432 e. The predicted octanol–water partition coefficient (Wildman–Crippen LogP) is 0.0879. The lowest BCUT2D eigenvalue weighted by Gasteiger charge is -2.37. The fourth-order valence-corrected chi connectivity index (χ4v) is 0.401. The Labute approximate surface area is 69.2 Å². The fraction of sp³-hybridized carbons (Fsp3) is 1.00. The standard InChI is InChI=1S/C7H17BNO2/c1-6(2,10)7(3,4)11-8-5-9/h10H,5,9H2,1-4H3. The Morgan fingerprint density at radius 2 is 1.82 bits per heavy atom. The van der Waals surface area contributed by atoms with Crippen LogP contribution in [-0.4, -0.2) is 30.2 Å². The highest BCUT2D eigenvalue weighted by atomic mass is 16.5. The zero-order valence-corrected chi connectivity index (χ0v) is 7.72. The predicted molar refractivity (Wildman–Crippen MR) is 46.3 cm³/mol. The van der Waals surface area contributed by atoms with E-state index in [1.165, 1.54) is 7.48 Å². The van der Waals surface area contributed by atoms with E-state index in [1.807, 2.05) is 13.8 Å². The summed E-state index contributed by atoms with van der Waals surface area (Å²) in [6.07, 6.45) is 0.361. The fourth-order valence-electron chi connectivity index (χ4n) is 0.401. The van der Waals surface area contributed by atoms with Gasteiger partial charge in [-0.2, -0.15) is 0 Å². The van der Waals surface area contributed by atoms with Crippen molar-refractivity contribution < 1.29 is 9.76 Å². The van der Waals surface area contributed by atoms with Gasteiger partial charge in [0.15, 0.2) is 0 Å². The third-order valence-electron chi connectivity index (χ3n) is 1.95. The molecule has 0 aliphatic heterocycles. The van der Waals surface area contributed by atoms with E-state index >= 15 is 0 Å². The first-order valence-corrected chi connectivity index (χ1v) is 3.73.